The molecule has 0 atom stereocenters. The lowest BCUT2D eigenvalue weighted by Crippen LogP contribution is -2.19. The predicted molar refractivity (Wildman–Crippen MR) is 57.4 cm³/mol. The van der Waals surface area contributed by atoms with Crippen LogP contribution in [-0.2, 0) is 0 Å². The number of hydrogen-bond acceptors (Lipinski definition) is 2. The first-order valence-corrected chi connectivity index (χ1v) is 5.11. The topological polar surface area (TPSA) is 29.1 Å². The van der Waals surface area contributed by atoms with Gasteiger partial charge in [-0.05, 0) is 19.2 Å². The molecule has 0 aliphatic heterocycles. The van der Waals surface area contributed by atoms with E-state index in [1.807, 2.05) is 0 Å². The molecule has 1 N–H and O–H groups in total. The second-order valence-corrected chi connectivity index (χ2v) is 3.90. The highest BCUT2D eigenvalue weighted by Gasteiger charge is 2.17. The van der Waals surface area contributed by atoms with Crippen LogP contribution in [-0.4, -0.2) is 19.4 Å². The van der Waals surface area contributed by atoms with Crippen LogP contribution >= 0.6 is 15.9 Å². The summed E-state index contributed by atoms with van der Waals surface area (Å²) >= 11 is 3.15. The zero-order chi connectivity index (χ0) is 11.4. The Morgan fingerprint density at radius 1 is 1.53 bits per heavy atom. The van der Waals surface area contributed by atoms with Crippen molar-refractivity contribution in [1.82, 2.24) is 5.32 Å². The van der Waals surface area contributed by atoms with Crippen molar-refractivity contribution in [2.45, 2.75) is 6.43 Å². The van der Waals surface area contributed by atoms with Gasteiger partial charge in [-0.25, -0.2) is 8.78 Å². The van der Waals surface area contributed by atoms with Crippen LogP contribution in [0.25, 0.3) is 0 Å². The van der Waals surface area contributed by atoms with Crippen molar-refractivity contribution >= 4 is 21.7 Å². The van der Waals surface area contributed by atoms with Crippen molar-refractivity contribution < 1.29 is 13.6 Å². The van der Waals surface area contributed by atoms with Gasteiger partial charge in [-0.15, -0.1) is 0 Å². The summed E-state index contributed by atoms with van der Waals surface area (Å²) in [6, 6.07) is 4.18. The van der Waals surface area contributed by atoms with E-state index in [1.165, 1.54) is 18.2 Å². The van der Waals surface area contributed by atoms with Gasteiger partial charge in [0.05, 0.1) is 6.54 Å². The summed E-state index contributed by atoms with van der Waals surface area (Å²) in [5, 5.41) is 2.64. The molecule has 0 saturated heterocycles. The third kappa shape index (κ3) is 3.07. The average molecular weight is 278 g/mol. The largest absolute Gasteiger partial charge is 0.313 e. The number of benzene rings is 1. The first kappa shape index (κ1) is 12.3. The number of alkyl halides is 2. The highest BCUT2D eigenvalue weighted by atomic mass is 79.9. The van der Waals surface area contributed by atoms with Gasteiger partial charge in [-0.3, -0.25) is 4.79 Å². The van der Waals surface area contributed by atoms with E-state index in [0.29, 0.717) is 4.47 Å². The van der Waals surface area contributed by atoms with E-state index in [-0.39, 0.29) is 23.5 Å². The maximum Gasteiger partial charge on any atom is 0.264 e. The monoisotopic (exact) mass is 277 g/mol. The maximum atomic E-state index is 12.6. The molecule has 0 aliphatic carbocycles. The minimum Gasteiger partial charge on any atom is -0.313 e. The Hall–Kier alpha value is -0.810. The number of carbonyl (C=O) groups excluding carboxylic acids is 1. The van der Waals surface area contributed by atoms with Crippen molar-refractivity contribution in [2.75, 3.05) is 13.6 Å². The molecular weight excluding hydrogens is 268 g/mol. The SMILES string of the molecule is CNCC(=O)c1cc(Br)ccc1C(F)F. The highest BCUT2D eigenvalue weighted by molar-refractivity contribution is 9.10. The second-order valence-electron chi connectivity index (χ2n) is 2.99. The lowest BCUT2D eigenvalue weighted by atomic mass is 10.0. The summed E-state index contributed by atoms with van der Waals surface area (Å²) in [4.78, 5) is 11.5. The van der Waals surface area contributed by atoms with Gasteiger partial charge in [0.15, 0.2) is 5.78 Å². The fourth-order valence-electron chi connectivity index (χ4n) is 1.22. The normalized spacial score (nSPS) is 10.7. The molecule has 1 aromatic rings. The van der Waals surface area contributed by atoms with E-state index in [2.05, 4.69) is 21.2 Å². The molecule has 0 radical (unpaired) electrons. The number of ketones is 1. The highest BCUT2D eigenvalue weighted by Crippen LogP contribution is 2.26. The predicted octanol–water partition coefficient (Wildman–Crippen LogP) is 2.79. The number of nitrogens with one attached hydrogen (secondary N) is 1. The molecule has 0 spiro atoms. The Labute approximate surface area is 94.8 Å². The molecule has 5 heteroatoms. The zero-order valence-corrected chi connectivity index (χ0v) is 9.64. The van der Waals surface area contributed by atoms with Gasteiger partial charge in [-0.1, -0.05) is 22.0 Å². The molecule has 0 unspecified atom stereocenters. The van der Waals surface area contributed by atoms with Crippen molar-refractivity contribution in [3.63, 3.8) is 0 Å². The number of Topliss-reactive ketones (excluding diaryl/α,β-unsaturated/α-hetero) is 1. The number of halogens is 3. The van der Waals surface area contributed by atoms with E-state index >= 15 is 0 Å². The number of rotatable bonds is 4. The van der Waals surface area contributed by atoms with Crippen molar-refractivity contribution in [3.05, 3.63) is 33.8 Å². The van der Waals surface area contributed by atoms with Crippen LogP contribution in [0.4, 0.5) is 8.78 Å². The molecule has 0 saturated carbocycles. The Morgan fingerprint density at radius 3 is 2.73 bits per heavy atom. The molecule has 0 heterocycles. The lowest BCUT2D eigenvalue weighted by molar-refractivity contribution is 0.0979. The molecule has 82 valence electrons. The summed E-state index contributed by atoms with van der Waals surface area (Å²) in [6.45, 7) is 0.0518. The van der Waals surface area contributed by atoms with E-state index in [4.69, 9.17) is 0 Å². The fraction of sp³-hybridized carbons (Fsp3) is 0.300. The minimum atomic E-state index is -2.63. The Morgan fingerprint density at radius 2 is 2.20 bits per heavy atom. The Balaban J connectivity index is 3.12. The zero-order valence-electron chi connectivity index (χ0n) is 8.06. The van der Waals surface area contributed by atoms with Gasteiger partial charge in [-0.2, -0.15) is 0 Å². The van der Waals surface area contributed by atoms with Crippen LogP contribution in [0.15, 0.2) is 22.7 Å². The smallest absolute Gasteiger partial charge is 0.264 e. The van der Waals surface area contributed by atoms with E-state index in [9.17, 15) is 13.6 Å². The van der Waals surface area contributed by atoms with Gasteiger partial charge >= 0.3 is 0 Å². The molecule has 1 aromatic carbocycles. The standard InChI is InChI=1S/C10H10BrF2NO/c1-14-5-9(15)8-4-6(11)2-3-7(8)10(12)13/h2-4,10,14H,5H2,1H3. The number of hydrogen-bond donors (Lipinski definition) is 1. The average Bonchev–Trinajstić information content (AvgIpc) is 2.17. The van der Waals surface area contributed by atoms with Crippen LogP contribution in [0.1, 0.15) is 22.3 Å². The molecule has 0 aliphatic rings. The molecular formula is C10H10BrF2NO. The summed E-state index contributed by atoms with van der Waals surface area (Å²) in [5.41, 5.74) is -0.160. The Bertz CT molecular complexity index is 368. The minimum absolute atomic E-state index is 0.0518. The van der Waals surface area contributed by atoms with Gasteiger partial charge < -0.3 is 5.32 Å². The van der Waals surface area contributed by atoms with E-state index in [1.54, 1.807) is 7.05 Å². The quantitative estimate of drug-likeness (QED) is 0.858. The van der Waals surface area contributed by atoms with E-state index < -0.39 is 6.43 Å². The second kappa shape index (κ2) is 5.32. The number of likely N-dealkylation sites (N-methyl/N-ethyl adjacent to an activating group) is 1. The van der Waals surface area contributed by atoms with Crippen LogP contribution in [0, 0.1) is 0 Å². The van der Waals surface area contributed by atoms with Crippen LogP contribution in [0.2, 0.25) is 0 Å². The Kier molecular flexibility index (Phi) is 4.35. The molecule has 1 rings (SSSR count). The lowest BCUT2D eigenvalue weighted by Gasteiger charge is -2.08. The third-order valence-corrected chi connectivity index (χ3v) is 2.38. The summed E-state index contributed by atoms with van der Waals surface area (Å²) in [6.07, 6.45) is -2.63. The maximum absolute atomic E-state index is 12.6. The summed E-state index contributed by atoms with van der Waals surface area (Å²) < 4.78 is 25.8. The summed E-state index contributed by atoms with van der Waals surface area (Å²) in [5.74, 6) is -0.339. The van der Waals surface area contributed by atoms with Crippen LogP contribution in [0.5, 0.6) is 0 Å². The van der Waals surface area contributed by atoms with Crippen LogP contribution < -0.4 is 5.32 Å². The molecule has 2 nitrogen and oxygen atoms in total. The molecule has 0 fully saturated rings. The van der Waals surface area contributed by atoms with Gasteiger partial charge in [0, 0.05) is 15.6 Å². The first-order chi connectivity index (χ1) is 7.06. The fourth-order valence-corrected chi connectivity index (χ4v) is 1.58. The van der Waals surface area contributed by atoms with Gasteiger partial charge in [0.1, 0.15) is 0 Å². The molecule has 0 bridgehead atoms. The van der Waals surface area contributed by atoms with Gasteiger partial charge in [0.25, 0.3) is 6.43 Å². The van der Waals surface area contributed by atoms with Crippen molar-refractivity contribution in [1.29, 1.82) is 0 Å². The van der Waals surface area contributed by atoms with Crippen molar-refractivity contribution in [3.8, 4) is 0 Å². The molecule has 0 amide bonds. The number of carbonyl (C=O) groups is 1. The molecule has 0 aromatic heterocycles. The van der Waals surface area contributed by atoms with Crippen LogP contribution in [0.3, 0.4) is 0 Å². The third-order valence-electron chi connectivity index (χ3n) is 1.89. The van der Waals surface area contributed by atoms with Crippen molar-refractivity contribution in [2.24, 2.45) is 0 Å². The molecule has 15 heavy (non-hydrogen) atoms. The van der Waals surface area contributed by atoms with E-state index in [0.717, 1.165) is 0 Å². The first-order valence-electron chi connectivity index (χ1n) is 4.31. The van der Waals surface area contributed by atoms with Gasteiger partial charge in [0.2, 0.25) is 0 Å². The summed E-state index contributed by atoms with van der Waals surface area (Å²) in [7, 11) is 1.60.